The van der Waals surface area contributed by atoms with E-state index in [2.05, 4.69) is 10.1 Å². The van der Waals surface area contributed by atoms with Gasteiger partial charge < -0.3 is 9.51 Å². The van der Waals surface area contributed by atoms with Crippen LogP contribution in [-0.4, -0.2) is 10.1 Å². The Kier molecular flexibility index (Phi) is 1.28. The molecule has 0 aliphatic heterocycles. The number of aromatic nitrogens is 2. The lowest BCUT2D eigenvalue weighted by atomic mass is 10.2. The predicted octanol–water partition coefficient (Wildman–Crippen LogP) is 1.67. The van der Waals surface area contributed by atoms with Gasteiger partial charge in [-0.25, -0.2) is 0 Å². The molecule has 3 rings (SSSR count). The lowest BCUT2D eigenvalue weighted by molar-refractivity contribution is 0.412. The molecule has 0 atom stereocenters. The number of fused-ring (bicyclic) bond motifs is 3. The van der Waals surface area contributed by atoms with Crippen LogP contribution in [0, 0.1) is 0 Å². The van der Waals surface area contributed by atoms with Crippen molar-refractivity contribution in [2.24, 2.45) is 0 Å². The van der Waals surface area contributed by atoms with E-state index in [9.17, 15) is 4.79 Å². The van der Waals surface area contributed by atoms with Gasteiger partial charge in [0.15, 0.2) is 0 Å². The predicted molar refractivity (Wildman–Crippen MR) is 52.1 cm³/mol. The van der Waals surface area contributed by atoms with Gasteiger partial charge in [-0.05, 0) is 12.1 Å². The minimum absolute atomic E-state index is 0.0895. The van der Waals surface area contributed by atoms with Crippen molar-refractivity contribution in [3.8, 4) is 0 Å². The monoisotopic (exact) mass is 186 g/mol. The van der Waals surface area contributed by atoms with Gasteiger partial charge >= 0.3 is 0 Å². The fourth-order valence-corrected chi connectivity index (χ4v) is 1.62. The fourth-order valence-electron chi connectivity index (χ4n) is 1.62. The topological polar surface area (TPSA) is 58.9 Å². The highest BCUT2D eigenvalue weighted by atomic mass is 16.4. The first kappa shape index (κ1) is 7.32. The van der Waals surface area contributed by atoms with E-state index in [1.165, 1.54) is 6.26 Å². The number of nitrogens with zero attached hydrogens (tertiary/aromatic N) is 1. The molecule has 14 heavy (non-hydrogen) atoms. The van der Waals surface area contributed by atoms with E-state index in [-0.39, 0.29) is 5.56 Å². The summed E-state index contributed by atoms with van der Waals surface area (Å²) < 4.78 is 4.80. The van der Waals surface area contributed by atoms with Gasteiger partial charge in [0.25, 0.3) is 0 Å². The molecule has 0 saturated carbocycles. The molecule has 0 aliphatic rings. The maximum Gasteiger partial charge on any atom is 0.249 e. The molecule has 0 aliphatic carbocycles. The van der Waals surface area contributed by atoms with Crippen molar-refractivity contribution in [3.05, 3.63) is 40.9 Å². The fraction of sp³-hybridized carbons (Fsp3) is 0. The third-order valence-electron chi connectivity index (χ3n) is 2.24. The first-order valence-electron chi connectivity index (χ1n) is 4.21. The van der Waals surface area contributed by atoms with Crippen molar-refractivity contribution < 1.29 is 4.52 Å². The lowest BCUT2D eigenvalue weighted by Crippen LogP contribution is -1.93. The molecule has 68 valence electrons. The van der Waals surface area contributed by atoms with Crippen LogP contribution in [0.3, 0.4) is 0 Å². The van der Waals surface area contributed by atoms with Gasteiger partial charge in [0.1, 0.15) is 11.8 Å². The number of hydrogen-bond acceptors (Lipinski definition) is 3. The van der Waals surface area contributed by atoms with Gasteiger partial charge in [-0.3, -0.25) is 4.79 Å². The minimum Gasteiger partial charge on any atom is -0.364 e. The van der Waals surface area contributed by atoms with Crippen LogP contribution in [-0.2, 0) is 0 Å². The smallest absolute Gasteiger partial charge is 0.249 e. The van der Waals surface area contributed by atoms with Crippen LogP contribution in [0.1, 0.15) is 0 Å². The molecule has 0 bridgehead atoms. The van der Waals surface area contributed by atoms with E-state index in [0.29, 0.717) is 0 Å². The quantitative estimate of drug-likeness (QED) is 0.581. The molecule has 2 aromatic heterocycles. The van der Waals surface area contributed by atoms with E-state index in [0.717, 1.165) is 21.8 Å². The van der Waals surface area contributed by atoms with Crippen LogP contribution in [0.4, 0.5) is 0 Å². The summed E-state index contributed by atoms with van der Waals surface area (Å²) in [5.41, 5.74) is 1.46. The Hall–Kier alpha value is -2.10. The molecule has 0 spiro atoms. The molecule has 1 N–H and O–H groups in total. The molecule has 1 aromatic carbocycles. The van der Waals surface area contributed by atoms with Gasteiger partial charge in [-0.1, -0.05) is 11.2 Å². The Balaban J connectivity index is 2.66. The molecule has 2 heterocycles. The van der Waals surface area contributed by atoms with Crippen molar-refractivity contribution in [2.45, 2.75) is 0 Å². The average Bonchev–Trinajstić information content (AvgIpc) is 2.59. The maximum atomic E-state index is 11.1. The highest BCUT2D eigenvalue weighted by Crippen LogP contribution is 2.20. The summed E-state index contributed by atoms with van der Waals surface area (Å²) in [6.07, 6.45) is 1.49. The summed E-state index contributed by atoms with van der Waals surface area (Å²) in [5.74, 6) is 0. The molecule has 0 unspecified atom stereocenters. The summed E-state index contributed by atoms with van der Waals surface area (Å²) in [7, 11) is 0. The molecule has 0 radical (unpaired) electrons. The largest absolute Gasteiger partial charge is 0.364 e. The second-order valence-corrected chi connectivity index (χ2v) is 3.10. The molecule has 0 amide bonds. The molecule has 3 aromatic rings. The molecule has 4 heteroatoms. The Morgan fingerprint density at radius 1 is 1.29 bits per heavy atom. The third kappa shape index (κ3) is 0.877. The first-order valence-corrected chi connectivity index (χ1v) is 4.21. The van der Waals surface area contributed by atoms with Gasteiger partial charge in [0.2, 0.25) is 5.56 Å². The van der Waals surface area contributed by atoms with Crippen LogP contribution < -0.4 is 5.56 Å². The van der Waals surface area contributed by atoms with E-state index >= 15 is 0 Å². The van der Waals surface area contributed by atoms with Crippen LogP contribution >= 0.6 is 0 Å². The maximum absolute atomic E-state index is 11.1. The number of rotatable bonds is 0. The van der Waals surface area contributed by atoms with E-state index in [4.69, 9.17) is 4.52 Å². The highest BCUT2D eigenvalue weighted by Gasteiger charge is 2.03. The zero-order valence-electron chi connectivity index (χ0n) is 7.15. The molecule has 0 fully saturated rings. The number of hydrogen-bond donors (Lipinski definition) is 1. The Labute approximate surface area is 78.1 Å². The Morgan fingerprint density at radius 2 is 2.21 bits per heavy atom. The second kappa shape index (κ2) is 2.45. The zero-order valence-corrected chi connectivity index (χ0v) is 7.15. The van der Waals surface area contributed by atoms with Crippen molar-refractivity contribution in [3.63, 3.8) is 0 Å². The molecular formula is C10H6N2O2. The Morgan fingerprint density at radius 3 is 3.14 bits per heavy atom. The van der Waals surface area contributed by atoms with Crippen LogP contribution in [0.15, 0.2) is 39.8 Å². The summed E-state index contributed by atoms with van der Waals surface area (Å²) >= 11 is 0. The first-order chi connectivity index (χ1) is 6.84. The lowest BCUT2D eigenvalue weighted by Gasteiger charge is -1.95. The van der Waals surface area contributed by atoms with Crippen LogP contribution in [0.25, 0.3) is 21.8 Å². The summed E-state index contributed by atoms with van der Waals surface area (Å²) in [6, 6.07) is 7.03. The van der Waals surface area contributed by atoms with Gasteiger partial charge in [-0.15, -0.1) is 0 Å². The summed E-state index contributed by atoms with van der Waals surface area (Å²) in [6.45, 7) is 0. The second-order valence-electron chi connectivity index (χ2n) is 3.10. The number of benzene rings is 1. The van der Waals surface area contributed by atoms with Crippen LogP contribution in [0.5, 0.6) is 0 Å². The molecule has 0 saturated heterocycles. The number of nitrogens with one attached hydrogen (secondary N) is 1. The normalized spacial score (nSPS) is 11.1. The van der Waals surface area contributed by atoms with E-state index in [1.807, 2.05) is 12.1 Å². The van der Waals surface area contributed by atoms with Crippen LogP contribution in [0.2, 0.25) is 0 Å². The van der Waals surface area contributed by atoms with Crippen molar-refractivity contribution >= 4 is 21.8 Å². The van der Waals surface area contributed by atoms with E-state index in [1.54, 1.807) is 12.1 Å². The van der Waals surface area contributed by atoms with Crippen molar-refractivity contribution in [1.29, 1.82) is 0 Å². The molecule has 4 nitrogen and oxygen atoms in total. The van der Waals surface area contributed by atoms with Crippen molar-refractivity contribution in [1.82, 2.24) is 10.1 Å². The Bertz CT molecular complexity index is 666. The SMILES string of the molecule is O=c1cc2ccc3noccc3c2[nH]1. The highest BCUT2D eigenvalue weighted by molar-refractivity contribution is 6.03. The average molecular weight is 186 g/mol. The summed E-state index contributed by atoms with van der Waals surface area (Å²) in [4.78, 5) is 13.9. The van der Waals surface area contributed by atoms with Gasteiger partial charge in [0, 0.05) is 16.8 Å². The number of aromatic amines is 1. The summed E-state index contributed by atoms with van der Waals surface area (Å²) in [5, 5.41) is 5.64. The number of H-pyrrole nitrogens is 1. The van der Waals surface area contributed by atoms with Crippen molar-refractivity contribution in [2.75, 3.05) is 0 Å². The van der Waals surface area contributed by atoms with Gasteiger partial charge in [0.05, 0.1) is 5.52 Å². The van der Waals surface area contributed by atoms with Gasteiger partial charge in [-0.2, -0.15) is 0 Å². The standard InChI is InChI=1S/C10H6N2O2/c13-9-5-6-1-2-8-7(10(6)11-9)3-4-14-12-8/h1-5H,(H,11,13). The minimum atomic E-state index is -0.0895. The van der Waals surface area contributed by atoms with E-state index < -0.39 is 0 Å². The molecular weight excluding hydrogens is 180 g/mol. The zero-order chi connectivity index (χ0) is 9.54. The third-order valence-corrected chi connectivity index (χ3v) is 2.24.